The minimum absolute atomic E-state index is 0.257. The van der Waals surface area contributed by atoms with Crippen LogP contribution in [0.4, 0.5) is 24.5 Å². The van der Waals surface area contributed by atoms with E-state index in [4.69, 9.17) is 0 Å². The lowest BCUT2D eigenvalue weighted by molar-refractivity contribution is -0.138. The van der Waals surface area contributed by atoms with Crippen LogP contribution in [0, 0.1) is 6.92 Å². The van der Waals surface area contributed by atoms with Crippen molar-refractivity contribution in [1.82, 2.24) is 9.88 Å². The Morgan fingerprint density at radius 3 is 2.39 bits per heavy atom. The van der Waals surface area contributed by atoms with Gasteiger partial charge >= 0.3 is 6.18 Å². The molecule has 0 bridgehead atoms. The summed E-state index contributed by atoms with van der Waals surface area (Å²) in [5.41, 5.74) is -0.780. The zero-order chi connectivity index (χ0) is 23.1. The highest BCUT2D eigenvalue weighted by Gasteiger charge is 2.36. The third kappa shape index (κ3) is 4.95. The number of nitrogens with one attached hydrogen (secondary N) is 2. The lowest BCUT2D eigenvalue weighted by Crippen LogP contribution is -2.55. The summed E-state index contributed by atoms with van der Waals surface area (Å²) < 4.78 is 40.9. The number of aromatic amines is 1. The number of aryl methyl sites for hydroxylation is 1. The zero-order valence-corrected chi connectivity index (χ0v) is 19.2. The third-order valence-electron chi connectivity index (χ3n) is 5.70. The van der Waals surface area contributed by atoms with Crippen LogP contribution in [0.15, 0.2) is 33.7 Å². The van der Waals surface area contributed by atoms with Gasteiger partial charge < -0.3 is 15.2 Å². The van der Waals surface area contributed by atoms with Crippen LogP contribution >= 0.6 is 15.9 Å². The van der Waals surface area contributed by atoms with Crippen LogP contribution in [-0.4, -0.2) is 48.0 Å². The Hall–Kier alpha value is -2.33. The monoisotopic (exact) mass is 500 g/mol. The average Bonchev–Trinajstić information content (AvgIpc) is 2.67. The normalized spacial score (nSPS) is 20.1. The number of aromatic nitrogens is 1. The standard InChI is InChI=1S/C21H24BrF3N4O2/c1-11-5-18(29-9-12(2)28(4)13(3)10-29)17(7-16(11)22)27-20(31)14-8-26-19(30)6-15(14)21(23,24)25/h5-8,12-13H,9-10H2,1-4H3,(H,26,30)(H,27,31)/t12-,13+. The molecule has 2 atom stereocenters. The van der Waals surface area contributed by atoms with Crippen LogP contribution in [0.2, 0.25) is 0 Å². The second-order valence-electron chi connectivity index (χ2n) is 7.96. The van der Waals surface area contributed by atoms with Gasteiger partial charge in [0.05, 0.1) is 22.5 Å². The van der Waals surface area contributed by atoms with Gasteiger partial charge in [-0.15, -0.1) is 0 Å². The van der Waals surface area contributed by atoms with E-state index in [0.29, 0.717) is 24.8 Å². The maximum Gasteiger partial charge on any atom is 0.417 e. The summed E-state index contributed by atoms with van der Waals surface area (Å²) >= 11 is 3.43. The van der Waals surface area contributed by atoms with E-state index in [-0.39, 0.29) is 12.1 Å². The molecule has 1 saturated heterocycles. The van der Waals surface area contributed by atoms with Crippen LogP contribution in [0.3, 0.4) is 0 Å². The molecule has 1 amide bonds. The fourth-order valence-corrected chi connectivity index (χ4v) is 4.06. The highest BCUT2D eigenvalue weighted by atomic mass is 79.9. The molecule has 0 radical (unpaired) electrons. The molecule has 0 saturated carbocycles. The summed E-state index contributed by atoms with van der Waals surface area (Å²) in [7, 11) is 2.05. The summed E-state index contributed by atoms with van der Waals surface area (Å²) in [6.07, 6.45) is -4.04. The number of hydrogen-bond donors (Lipinski definition) is 2. The Kier molecular flexibility index (Phi) is 6.52. The Labute approximate surface area is 186 Å². The molecule has 1 aromatic heterocycles. The number of hydrogen-bond acceptors (Lipinski definition) is 4. The molecule has 31 heavy (non-hydrogen) atoms. The molecule has 1 fully saturated rings. The van der Waals surface area contributed by atoms with Crippen molar-refractivity contribution in [2.45, 2.75) is 39.0 Å². The Morgan fingerprint density at radius 2 is 1.81 bits per heavy atom. The van der Waals surface area contributed by atoms with Crippen LogP contribution < -0.4 is 15.8 Å². The fraction of sp³-hybridized carbons (Fsp3) is 0.429. The van der Waals surface area contributed by atoms with Crippen LogP contribution in [0.1, 0.15) is 35.3 Å². The topological polar surface area (TPSA) is 68.4 Å². The zero-order valence-electron chi connectivity index (χ0n) is 17.6. The highest BCUT2D eigenvalue weighted by molar-refractivity contribution is 9.10. The Morgan fingerprint density at radius 1 is 1.19 bits per heavy atom. The van der Waals surface area contributed by atoms with Crippen LogP contribution in [0.25, 0.3) is 0 Å². The number of anilines is 2. The van der Waals surface area contributed by atoms with Crippen molar-refractivity contribution in [2.24, 2.45) is 0 Å². The molecule has 10 heteroatoms. The minimum Gasteiger partial charge on any atom is -0.367 e. The molecule has 1 aliphatic rings. The summed E-state index contributed by atoms with van der Waals surface area (Å²) in [6, 6.07) is 4.50. The summed E-state index contributed by atoms with van der Waals surface area (Å²) in [4.78, 5) is 30.8. The lowest BCUT2D eigenvalue weighted by Gasteiger charge is -2.44. The minimum atomic E-state index is -4.83. The fourth-order valence-electron chi connectivity index (χ4n) is 3.71. The van der Waals surface area contributed by atoms with Crippen LogP contribution in [0.5, 0.6) is 0 Å². The van der Waals surface area contributed by atoms with Crippen molar-refractivity contribution in [1.29, 1.82) is 0 Å². The molecular weight excluding hydrogens is 477 g/mol. The number of carbonyl (C=O) groups is 1. The van der Waals surface area contributed by atoms with Gasteiger partial charge in [-0.2, -0.15) is 13.2 Å². The van der Waals surface area contributed by atoms with Crippen LogP contribution in [-0.2, 0) is 6.18 Å². The van der Waals surface area contributed by atoms with Gasteiger partial charge in [0.1, 0.15) is 0 Å². The predicted molar refractivity (Wildman–Crippen MR) is 118 cm³/mol. The van der Waals surface area contributed by atoms with E-state index < -0.39 is 28.8 Å². The van der Waals surface area contributed by atoms with E-state index in [9.17, 15) is 22.8 Å². The van der Waals surface area contributed by atoms with Gasteiger partial charge in [-0.1, -0.05) is 15.9 Å². The van der Waals surface area contributed by atoms with E-state index in [1.807, 2.05) is 13.0 Å². The molecule has 3 rings (SSSR count). The maximum absolute atomic E-state index is 13.4. The SMILES string of the molecule is Cc1cc(N2C[C@@H](C)N(C)[C@@H](C)C2)c(NC(=O)c2c[nH]c(=O)cc2C(F)(F)F)cc1Br. The quantitative estimate of drug-likeness (QED) is 0.661. The lowest BCUT2D eigenvalue weighted by atomic mass is 10.1. The molecule has 1 aliphatic heterocycles. The molecule has 2 aromatic rings. The number of alkyl halides is 3. The first-order chi connectivity index (χ1) is 14.4. The number of benzene rings is 1. The van der Waals surface area contributed by atoms with E-state index in [1.165, 1.54) is 0 Å². The molecule has 0 aliphatic carbocycles. The molecule has 6 nitrogen and oxygen atoms in total. The number of piperazine rings is 1. The maximum atomic E-state index is 13.4. The van der Waals surface area contributed by atoms with E-state index >= 15 is 0 Å². The molecule has 1 aromatic carbocycles. The van der Waals surface area contributed by atoms with Gasteiger partial charge in [0, 0.05) is 41.9 Å². The smallest absolute Gasteiger partial charge is 0.367 e. The highest BCUT2D eigenvalue weighted by Crippen LogP contribution is 2.36. The first kappa shape index (κ1) is 23.3. The van der Waals surface area contributed by atoms with Crippen molar-refractivity contribution in [3.8, 4) is 0 Å². The van der Waals surface area contributed by atoms with Gasteiger partial charge in [-0.05, 0) is 45.5 Å². The summed E-state index contributed by atoms with van der Waals surface area (Å²) in [6.45, 7) is 7.52. The summed E-state index contributed by atoms with van der Waals surface area (Å²) in [5, 5.41) is 2.62. The van der Waals surface area contributed by atoms with Crippen molar-refractivity contribution >= 4 is 33.2 Å². The number of nitrogens with zero attached hydrogens (tertiary/aromatic N) is 2. The van der Waals surface area contributed by atoms with Crippen molar-refractivity contribution in [3.63, 3.8) is 0 Å². The van der Waals surface area contributed by atoms with Crippen molar-refractivity contribution in [3.05, 3.63) is 55.9 Å². The van der Waals surface area contributed by atoms with Gasteiger partial charge in [0.2, 0.25) is 5.56 Å². The van der Waals surface area contributed by atoms with E-state index in [2.05, 4.69) is 56.9 Å². The number of halogens is 4. The van der Waals surface area contributed by atoms with E-state index in [1.54, 1.807) is 6.07 Å². The molecule has 2 N–H and O–H groups in total. The molecule has 0 unspecified atom stereocenters. The second kappa shape index (κ2) is 8.66. The second-order valence-corrected chi connectivity index (χ2v) is 8.82. The first-order valence-electron chi connectivity index (χ1n) is 9.76. The predicted octanol–water partition coefficient (Wildman–Crippen LogP) is 4.25. The van der Waals surface area contributed by atoms with Gasteiger partial charge in [-0.3, -0.25) is 14.5 Å². The van der Waals surface area contributed by atoms with Gasteiger partial charge in [0.15, 0.2) is 0 Å². The number of H-pyrrole nitrogens is 1. The number of amides is 1. The number of carbonyl (C=O) groups excluding carboxylic acids is 1. The molecule has 168 valence electrons. The summed E-state index contributed by atoms with van der Waals surface area (Å²) in [5.74, 6) is -0.948. The number of likely N-dealkylation sites (N-methyl/N-ethyl adjacent to an activating group) is 1. The van der Waals surface area contributed by atoms with Gasteiger partial charge in [0.25, 0.3) is 5.91 Å². The molecule has 0 spiro atoms. The van der Waals surface area contributed by atoms with Crippen molar-refractivity contribution < 1.29 is 18.0 Å². The van der Waals surface area contributed by atoms with E-state index in [0.717, 1.165) is 21.9 Å². The van der Waals surface area contributed by atoms with Crippen molar-refractivity contribution in [2.75, 3.05) is 30.4 Å². The Bertz CT molecular complexity index is 1040. The molecular formula is C21H24BrF3N4O2. The van der Waals surface area contributed by atoms with Gasteiger partial charge in [-0.25, -0.2) is 0 Å². The third-order valence-corrected chi connectivity index (χ3v) is 6.55. The number of pyridine rings is 1. The first-order valence-corrected chi connectivity index (χ1v) is 10.6. The molecule has 2 heterocycles. The Balaban J connectivity index is 2.00. The largest absolute Gasteiger partial charge is 0.417 e. The average molecular weight is 501 g/mol. The number of rotatable bonds is 3.